The highest BCUT2D eigenvalue weighted by molar-refractivity contribution is 4.95. The molecule has 1 saturated heterocycles. The highest BCUT2D eigenvalue weighted by atomic mass is 16.3. The van der Waals surface area contributed by atoms with Crippen molar-refractivity contribution in [2.75, 3.05) is 19.6 Å². The van der Waals surface area contributed by atoms with Gasteiger partial charge < -0.3 is 10.2 Å². The zero-order chi connectivity index (χ0) is 12.3. The van der Waals surface area contributed by atoms with E-state index in [4.69, 9.17) is 0 Å². The van der Waals surface area contributed by atoms with Crippen LogP contribution in [0.3, 0.4) is 0 Å². The van der Waals surface area contributed by atoms with E-state index in [-0.39, 0.29) is 6.10 Å². The minimum atomic E-state index is -0.457. The zero-order valence-electron chi connectivity index (χ0n) is 11.1. The lowest BCUT2D eigenvalue weighted by atomic mass is 9.88. The lowest BCUT2D eigenvalue weighted by Gasteiger charge is -2.47. The first-order chi connectivity index (χ1) is 8.11. The third-order valence-electron chi connectivity index (χ3n) is 4.30. The Hall–Kier alpha value is -0.120. The van der Waals surface area contributed by atoms with Crippen molar-refractivity contribution in [2.45, 2.75) is 63.6 Å². The predicted molar refractivity (Wildman–Crippen MR) is 68.9 cm³/mol. The van der Waals surface area contributed by atoms with Crippen molar-refractivity contribution in [1.82, 2.24) is 4.90 Å². The van der Waals surface area contributed by atoms with Crippen LogP contribution >= 0.6 is 0 Å². The number of nitrogens with zero attached hydrogens (tertiary/aromatic N) is 1. The van der Waals surface area contributed by atoms with Gasteiger partial charge in [-0.05, 0) is 18.8 Å². The third-order valence-corrected chi connectivity index (χ3v) is 4.30. The van der Waals surface area contributed by atoms with E-state index >= 15 is 0 Å². The van der Waals surface area contributed by atoms with E-state index in [1.165, 1.54) is 25.7 Å². The number of likely N-dealkylation sites (tertiary alicyclic amines) is 1. The van der Waals surface area contributed by atoms with Crippen LogP contribution in [0, 0.1) is 5.92 Å². The molecule has 1 atom stereocenters. The molecule has 3 heteroatoms. The second kappa shape index (κ2) is 5.68. The number of rotatable bonds is 6. The summed E-state index contributed by atoms with van der Waals surface area (Å²) in [7, 11) is 0. The normalized spacial score (nSPS) is 27.0. The summed E-state index contributed by atoms with van der Waals surface area (Å²) in [6, 6.07) is 0. The molecule has 0 radical (unpaired) electrons. The Morgan fingerprint density at radius 3 is 2.53 bits per heavy atom. The standard InChI is InChI=1S/C14H27NO2/c1-2-7-14(17)10-15(11-14)9-13(16)8-12-5-3-4-6-12/h12-13,16-17H,2-11H2,1H3. The SMILES string of the molecule is CCCC1(O)CN(CC(O)CC2CCCC2)C1. The van der Waals surface area contributed by atoms with Gasteiger partial charge in [-0.15, -0.1) is 0 Å². The Bertz CT molecular complexity index is 232. The molecule has 2 aliphatic rings. The quantitative estimate of drug-likeness (QED) is 0.745. The van der Waals surface area contributed by atoms with Crippen molar-refractivity contribution in [3.63, 3.8) is 0 Å². The van der Waals surface area contributed by atoms with Crippen LogP contribution in [-0.2, 0) is 0 Å². The summed E-state index contributed by atoms with van der Waals surface area (Å²) in [5.74, 6) is 0.751. The van der Waals surface area contributed by atoms with E-state index in [1.807, 2.05) is 0 Å². The predicted octanol–water partition coefficient (Wildman–Crippen LogP) is 1.77. The summed E-state index contributed by atoms with van der Waals surface area (Å²) >= 11 is 0. The molecular weight excluding hydrogens is 214 g/mol. The molecule has 17 heavy (non-hydrogen) atoms. The molecule has 0 spiro atoms. The summed E-state index contributed by atoms with van der Waals surface area (Å²) < 4.78 is 0. The molecule has 1 unspecified atom stereocenters. The van der Waals surface area contributed by atoms with Gasteiger partial charge in [-0.1, -0.05) is 39.0 Å². The number of aliphatic hydroxyl groups excluding tert-OH is 1. The highest BCUT2D eigenvalue weighted by Gasteiger charge is 2.40. The van der Waals surface area contributed by atoms with Crippen LogP contribution in [0.15, 0.2) is 0 Å². The molecule has 2 rings (SSSR count). The van der Waals surface area contributed by atoms with Crippen LogP contribution < -0.4 is 0 Å². The monoisotopic (exact) mass is 241 g/mol. The van der Waals surface area contributed by atoms with E-state index < -0.39 is 5.60 Å². The Morgan fingerprint density at radius 1 is 1.29 bits per heavy atom. The third kappa shape index (κ3) is 3.67. The van der Waals surface area contributed by atoms with Gasteiger partial charge in [0.2, 0.25) is 0 Å². The Balaban J connectivity index is 1.62. The molecule has 1 heterocycles. The summed E-state index contributed by atoms with van der Waals surface area (Å²) in [6.07, 6.45) is 7.99. The summed E-state index contributed by atoms with van der Waals surface area (Å²) in [5.41, 5.74) is -0.457. The average Bonchev–Trinajstić information content (AvgIpc) is 2.68. The largest absolute Gasteiger partial charge is 0.392 e. The molecule has 1 aliphatic carbocycles. The number of hydrogen-bond donors (Lipinski definition) is 2. The van der Waals surface area contributed by atoms with E-state index in [9.17, 15) is 10.2 Å². The van der Waals surface area contributed by atoms with Crippen LogP contribution in [0.1, 0.15) is 51.9 Å². The van der Waals surface area contributed by atoms with Crippen molar-refractivity contribution in [3.8, 4) is 0 Å². The zero-order valence-corrected chi connectivity index (χ0v) is 11.1. The summed E-state index contributed by atoms with van der Waals surface area (Å²) in [4.78, 5) is 2.19. The average molecular weight is 241 g/mol. The van der Waals surface area contributed by atoms with Crippen molar-refractivity contribution < 1.29 is 10.2 Å². The molecule has 2 fully saturated rings. The maximum atomic E-state index is 10.1. The molecule has 0 amide bonds. The maximum absolute atomic E-state index is 10.1. The summed E-state index contributed by atoms with van der Waals surface area (Å²) in [5, 5.41) is 20.1. The number of β-amino-alcohol motifs (C(OH)–C–C–N with tert-alkyl or cyclic N) is 2. The van der Waals surface area contributed by atoms with E-state index in [1.54, 1.807) is 0 Å². The minimum Gasteiger partial charge on any atom is -0.392 e. The van der Waals surface area contributed by atoms with Gasteiger partial charge in [0.1, 0.15) is 0 Å². The van der Waals surface area contributed by atoms with E-state index in [0.29, 0.717) is 0 Å². The van der Waals surface area contributed by atoms with Crippen molar-refractivity contribution in [1.29, 1.82) is 0 Å². The second-order valence-electron chi connectivity index (χ2n) is 6.18. The fourth-order valence-corrected chi connectivity index (χ4v) is 3.54. The molecule has 1 aliphatic heterocycles. The highest BCUT2D eigenvalue weighted by Crippen LogP contribution is 2.30. The van der Waals surface area contributed by atoms with E-state index in [0.717, 1.165) is 44.8 Å². The van der Waals surface area contributed by atoms with Crippen LogP contribution in [0.25, 0.3) is 0 Å². The smallest absolute Gasteiger partial charge is 0.0900 e. The molecular formula is C14H27NO2. The lowest BCUT2D eigenvalue weighted by Crippen LogP contribution is -2.62. The van der Waals surface area contributed by atoms with Gasteiger partial charge in [0.05, 0.1) is 11.7 Å². The molecule has 0 aromatic heterocycles. The van der Waals surface area contributed by atoms with Gasteiger partial charge in [-0.3, -0.25) is 4.90 Å². The fourth-order valence-electron chi connectivity index (χ4n) is 3.54. The van der Waals surface area contributed by atoms with Crippen molar-refractivity contribution >= 4 is 0 Å². The Morgan fingerprint density at radius 2 is 1.94 bits per heavy atom. The number of hydrogen-bond acceptors (Lipinski definition) is 3. The second-order valence-corrected chi connectivity index (χ2v) is 6.18. The van der Waals surface area contributed by atoms with Crippen LogP contribution in [-0.4, -0.2) is 46.5 Å². The van der Waals surface area contributed by atoms with Gasteiger partial charge >= 0.3 is 0 Å². The maximum Gasteiger partial charge on any atom is 0.0900 e. The molecule has 0 aromatic carbocycles. The van der Waals surface area contributed by atoms with Gasteiger partial charge in [0.25, 0.3) is 0 Å². The molecule has 3 nitrogen and oxygen atoms in total. The first kappa shape index (κ1) is 13.3. The topological polar surface area (TPSA) is 43.7 Å². The number of aliphatic hydroxyl groups is 2. The molecule has 0 bridgehead atoms. The Labute approximate surface area is 105 Å². The first-order valence-corrected chi connectivity index (χ1v) is 7.24. The molecule has 1 saturated carbocycles. The minimum absolute atomic E-state index is 0.190. The summed E-state index contributed by atoms with van der Waals surface area (Å²) in [6.45, 7) is 4.36. The van der Waals surface area contributed by atoms with Crippen LogP contribution in [0.5, 0.6) is 0 Å². The molecule has 100 valence electrons. The van der Waals surface area contributed by atoms with Crippen molar-refractivity contribution in [2.24, 2.45) is 5.92 Å². The van der Waals surface area contributed by atoms with Gasteiger partial charge in [0, 0.05) is 19.6 Å². The van der Waals surface area contributed by atoms with Crippen molar-refractivity contribution in [3.05, 3.63) is 0 Å². The van der Waals surface area contributed by atoms with Gasteiger partial charge in [0.15, 0.2) is 0 Å². The molecule has 0 aromatic rings. The first-order valence-electron chi connectivity index (χ1n) is 7.24. The molecule has 2 N–H and O–H groups in total. The van der Waals surface area contributed by atoms with E-state index in [2.05, 4.69) is 11.8 Å². The van der Waals surface area contributed by atoms with Crippen LogP contribution in [0.2, 0.25) is 0 Å². The lowest BCUT2D eigenvalue weighted by molar-refractivity contribution is -0.114. The fraction of sp³-hybridized carbons (Fsp3) is 1.00. The van der Waals surface area contributed by atoms with Crippen LogP contribution in [0.4, 0.5) is 0 Å². The Kier molecular flexibility index (Phi) is 4.45. The van der Waals surface area contributed by atoms with Gasteiger partial charge in [-0.2, -0.15) is 0 Å². The van der Waals surface area contributed by atoms with Gasteiger partial charge in [-0.25, -0.2) is 0 Å².